The van der Waals surface area contributed by atoms with Crippen molar-refractivity contribution in [1.82, 2.24) is 10.2 Å². The second kappa shape index (κ2) is 13.7. The van der Waals surface area contributed by atoms with Crippen LogP contribution in [0.15, 0.2) is 72.8 Å². The molecule has 218 valence electrons. The topological polar surface area (TPSA) is 86.8 Å². The van der Waals surface area contributed by atoms with E-state index in [4.69, 9.17) is 23.2 Å². The lowest BCUT2D eigenvalue weighted by atomic mass is 10.0. The van der Waals surface area contributed by atoms with Gasteiger partial charge in [-0.1, -0.05) is 96.2 Å². The van der Waals surface area contributed by atoms with E-state index in [1.54, 1.807) is 0 Å². The molecule has 1 aliphatic rings. The van der Waals surface area contributed by atoms with Gasteiger partial charge >= 0.3 is 0 Å². The summed E-state index contributed by atoms with van der Waals surface area (Å²) in [5, 5.41) is 3.60. The van der Waals surface area contributed by atoms with Crippen LogP contribution in [0.25, 0.3) is 0 Å². The molecule has 4 rings (SSSR count). The smallest absolute Gasteiger partial charge is 0.244 e. The summed E-state index contributed by atoms with van der Waals surface area (Å²) in [5.41, 5.74) is 2.95. The van der Waals surface area contributed by atoms with Crippen molar-refractivity contribution in [3.8, 4) is 0 Å². The number of hydrogen-bond donors (Lipinski definition) is 1. The van der Waals surface area contributed by atoms with Crippen LogP contribution >= 0.6 is 23.2 Å². The van der Waals surface area contributed by atoms with E-state index in [0.29, 0.717) is 0 Å². The van der Waals surface area contributed by atoms with Crippen molar-refractivity contribution in [2.75, 3.05) is 17.1 Å². The van der Waals surface area contributed by atoms with E-state index in [9.17, 15) is 18.0 Å². The molecular weight excluding hydrogens is 581 g/mol. The summed E-state index contributed by atoms with van der Waals surface area (Å²) in [6.07, 6.45) is 5.20. The van der Waals surface area contributed by atoms with Crippen molar-refractivity contribution >= 4 is 50.7 Å². The summed E-state index contributed by atoms with van der Waals surface area (Å²) >= 11 is 12.3. The fourth-order valence-corrected chi connectivity index (χ4v) is 6.32. The Morgan fingerprint density at radius 3 is 2.24 bits per heavy atom. The third-order valence-corrected chi connectivity index (χ3v) is 9.16. The van der Waals surface area contributed by atoms with Crippen LogP contribution in [0.2, 0.25) is 10.0 Å². The lowest BCUT2D eigenvalue weighted by molar-refractivity contribution is -0.140. The maximum absolute atomic E-state index is 14.2. The van der Waals surface area contributed by atoms with Crippen molar-refractivity contribution in [1.29, 1.82) is 0 Å². The number of rotatable bonds is 11. The van der Waals surface area contributed by atoms with E-state index in [-0.39, 0.29) is 40.6 Å². The van der Waals surface area contributed by atoms with Crippen molar-refractivity contribution < 1.29 is 18.0 Å². The van der Waals surface area contributed by atoms with Gasteiger partial charge in [0, 0.05) is 19.0 Å². The molecule has 0 radical (unpaired) electrons. The van der Waals surface area contributed by atoms with Gasteiger partial charge < -0.3 is 10.2 Å². The standard InChI is InChI=1S/C31H35Cl2N3O4S/c1-22-9-8-12-24(17-22)20-35(30(37)21-36(41(2,39)40)26-15-16-27(32)28(33)19-26)29(18-23-10-4-3-5-11-23)31(38)34-25-13-6-7-14-25/h3-5,8-12,15-17,19,25,29H,6-7,13-14,18,20-21H2,1-2H3,(H,34,38)/t29-/m1/s1. The van der Waals surface area contributed by atoms with Crippen molar-refractivity contribution in [3.05, 3.63) is 99.5 Å². The largest absolute Gasteiger partial charge is 0.352 e. The molecule has 10 heteroatoms. The molecule has 41 heavy (non-hydrogen) atoms. The average molecular weight is 617 g/mol. The summed E-state index contributed by atoms with van der Waals surface area (Å²) < 4.78 is 26.8. The van der Waals surface area contributed by atoms with Crippen molar-refractivity contribution in [2.45, 2.75) is 57.7 Å². The van der Waals surface area contributed by atoms with Crippen LogP contribution in [-0.4, -0.2) is 50.0 Å². The van der Waals surface area contributed by atoms with Gasteiger partial charge in [-0.05, 0) is 49.1 Å². The Labute approximate surface area is 252 Å². The molecule has 1 saturated carbocycles. The number of hydrogen-bond acceptors (Lipinski definition) is 4. The molecule has 1 fully saturated rings. The van der Waals surface area contributed by atoms with E-state index >= 15 is 0 Å². The minimum absolute atomic E-state index is 0.0559. The molecule has 1 N–H and O–H groups in total. The number of carbonyl (C=O) groups is 2. The van der Waals surface area contributed by atoms with E-state index in [1.165, 1.54) is 23.1 Å². The maximum Gasteiger partial charge on any atom is 0.244 e. The SMILES string of the molecule is Cc1cccc(CN(C(=O)CN(c2ccc(Cl)c(Cl)c2)S(C)(=O)=O)[C@H](Cc2ccccc2)C(=O)NC2CCCC2)c1. The van der Waals surface area contributed by atoms with Gasteiger partial charge in [0.15, 0.2) is 0 Å². The molecule has 1 atom stereocenters. The maximum atomic E-state index is 14.2. The van der Waals surface area contributed by atoms with Gasteiger partial charge in [-0.15, -0.1) is 0 Å². The quantitative estimate of drug-likeness (QED) is 0.297. The Bertz CT molecular complexity index is 1480. The normalized spacial score (nSPS) is 14.4. The minimum atomic E-state index is -3.90. The van der Waals surface area contributed by atoms with Crippen LogP contribution in [0.5, 0.6) is 0 Å². The zero-order valence-corrected chi connectivity index (χ0v) is 25.6. The number of amides is 2. The summed E-state index contributed by atoms with van der Waals surface area (Å²) in [7, 11) is -3.90. The first-order chi connectivity index (χ1) is 19.5. The monoisotopic (exact) mass is 615 g/mol. The van der Waals surface area contributed by atoms with E-state index < -0.39 is 28.5 Å². The predicted octanol–water partition coefficient (Wildman–Crippen LogP) is 5.77. The number of anilines is 1. The predicted molar refractivity (Wildman–Crippen MR) is 165 cm³/mol. The summed E-state index contributed by atoms with van der Waals surface area (Å²) in [6.45, 7) is 1.58. The Morgan fingerprint density at radius 1 is 0.927 bits per heavy atom. The molecule has 0 aliphatic heterocycles. The molecule has 0 saturated heterocycles. The second-order valence-corrected chi connectivity index (χ2v) is 13.3. The Morgan fingerprint density at radius 2 is 1.61 bits per heavy atom. The van der Waals surface area contributed by atoms with E-state index in [1.807, 2.05) is 61.5 Å². The van der Waals surface area contributed by atoms with E-state index in [2.05, 4.69) is 5.32 Å². The summed E-state index contributed by atoms with van der Waals surface area (Å²) in [4.78, 5) is 29.5. The molecular formula is C31H35Cl2N3O4S. The Kier molecular flexibility index (Phi) is 10.3. The highest BCUT2D eigenvalue weighted by molar-refractivity contribution is 7.92. The summed E-state index contributed by atoms with van der Waals surface area (Å²) in [5.74, 6) is -0.757. The third-order valence-electron chi connectivity index (χ3n) is 7.28. The molecule has 7 nitrogen and oxygen atoms in total. The van der Waals surface area contributed by atoms with Gasteiger partial charge in [0.25, 0.3) is 0 Å². The lowest BCUT2D eigenvalue weighted by Gasteiger charge is -2.34. The highest BCUT2D eigenvalue weighted by atomic mass is 35.5. The molecule has 0 aromatic heterocycles. The zero-order chi connectivity index (χ0) is 29.6. The van der Waals surface area contributed by atoms with Crippen LogP contribution in [0, 0.1) is 6.92 Å². The molecule has 3 aromatic rings. The number of nitrogens with zero attached hydrogens (tertiary/aromatic N) is 2. The average Bonchev–Trinajstić information content (AvgIpc) is 3.44. The van der Waals surface area contributed by atoms with Crippen LogP contribution in [0.3, 0.4) is 0 Å². The lowest BCUT2D eigenvalue weighted by Crippen LogP contribution is -2.54. The van der Waals surface area contributed by atoms with Crippen LogP contribution in [0.1, 0.15) is 42.4 Å². The first-order valence-electron chi connectivity index (χ1n) is 13.6. The Hall–Kier alpha value is -3.07. The molecule has 0 bridgehead atoms. The molecule has 0 heterocycles. The highest BCUT2D eigenvalue weighted by Crippen LogP contribution is 2.29. The van der Waals surface area contributed by atoms with Gasteiger partial charge in [0.1, 0.15) is 12.6 Å². The minimum Gasteiger partial charge on any atom is -0.352 e. The molecule has 3 aromatic carbocycles. The first-order valence-corrected chi connectivity index (χ1v) is 16.2. The number of carbonyl (C=O) groups excluding carboxylic acids is 2. The summed E-state index contributed by atoms with van der Waals surface area (Å²) in [6, 6.07) is 20.8. The van der Waals surface area contributed by atoms with Gasteiger partial charge in [0.2, 0.25) is 21.8 Å². The number of aryl methyl sites for hydroxylation is 1. The van der Waals surface area contributed by atoms with Crippen molar-refractivity contribution in [3.63, 3.8) is 0 Å². The van der Waals surface area contributed by atoms with Gasteiger partial charge in [-0.3, -0.25) is 13.9 Å². The fraction of sp³-hybridized carbons (Fsp3) is 0.355. The molecule has 1 aliphatic carbocycles. The van der Waals surface area contributed by atoms with Crippen LogP contribution in [0.4, 0.5) is 5.69 Å². The first kappa shape index (κ1) is 30.9. The third kappa shape index (κ3) is 8.47. The molecule has 0 spiro atoms. The van der Waals surface area contributed by atoms with Gasteiger partial charge in [0.05, 0.1) is 22.0 Å². The van der Waals surface area contributed by atoms with E-state index in [0.717, 1.165) is 52.9 Å². The van der Waals surface area contributed by atoms with Gasteiger partial charge in [-0.25, -0.2) is 8.42 Å². The number of benzene rings is 3. The highest BCUT2D eigenvalue weighted by Gasteiger charge is 2.34. The number of halogens is 2. The van der Waals surface area contributed by atoms with Gasteiger partial charge in [-0.2, -0.15) is 0 Å². The van der Waals surface area contributed by atoms with Crippen LogP contribution in [-0.2, 0) is 32.6 Å². The second-order valence-electron chi connectivity index (χ2n) is 10.6. The molecule has 2 amide bonds. The number of nitrogens with one attached hydrogen (secondary N) is 1. The zero-order valence-electron chi connectivity index (χ0n) is 23.2. The van der Waals surface area contributed by atoms with Crippen LogP contribution < -0.4 is 9.62 Å². The van der Waals surface area contributed by atoms with Crippen molar-refractivity contribution in [2.24, 2.45) is 0 Å². The molecule has 0 unspecified atom stereocenters. The number of sulfonamides is 1. The Balaban J connectivity index is 1.73. The fourth-order valence-electron chi connectivity index (χ4n) is 5.18.